The Morgan fingerprint density at radius 3 is 2.23 bits per heavy atom. The van der Waals surface area contributed by atoms with Crippen molar-refractivity contribution in [1.29, 1.82) is 0 Å². The molecule has 214 valence electrons. The van der Waals surface area contributed by atoms with E-state index in [0.29, 0.717) is 22.8 Å². The summed E-state index contributed by atoms with van der Waals surface area (Å²) >= 11 is 0. The molecule has 1 heterocycles. The fourth-order valence-electron chi connectivity index (χ4n) is 3.67. The summed E-state index contributed by atoms with van der Waals surface area (Å²) in [5.74, 6) is 0.330. The van der Waals surface area contributed by atoms with Crippen molar-refractivity contribution in [3.05, 3.63) is 65.9 Å². The van der Waals surface area contributed by atoms with Crippen LogP contribution in [0, 0.1) is 0 Å². The number of urea groups is 1. The Morgan fingerprint density at radius 2 is 1.65 bits per heavy atom. The van der Waals surface area contributed by atoms with Crippen LogP contribution in [0.4, 0.5) is 16.3 Å². The number of benzene rings is 2. The van der Waals surface area contributed by atoms with Gasteiger partial charge in [0, 0.05) is 30.8 Å². The van der Waals surface area contributed by atoms with Crippen molar-refractivity contribution < 1.29 is 28.6 Å². The predicted molar refractivity (Wildman–Crippen MR) is 152 cm³/mol. The minimum Gasteiger partial charge on any atom is -0.497 e. The fraction of sp³-hybridized carbons (Fsp3) is 0.379. The van der Waals surface area contributed by atoms with Crippen LogP contribution in [0.25, 0.3) is 5.69 Å². The Balaban J connectivity index is 1.76. The van der Waals surface area contributed by atoms with E-state index >= 15 is 0 Å². The van der Waals surface area contributed by atoms with Gasteiger partial charge in [-0.25, -0.2) is 14.3 Å². The Morgan fingerprint density at radius 1 is 0.975 bits per heavy atom. The SMILES string of the molecule is CCOC(=O)c1ccc(NC(=O)N(CCOC)CC(=O)Nc2cc(C(C)(C)C)nn2-c2ccc(OC)cc2)cc1. The molecule has 0 unspecified atom stereocenters. The van der Waals surface area contributed by atoms with E-state index in [0.717, 1.165) is 11.4 Å². The Hall–Kier alpha value is -4.38. The molecular weight excluding hydrogens is 514 g/mol. The third kappa shape index (κ3) is 8.06. The van der Waals surface area contributed by atoms with Gasteiger partial charge >= 0.3 is 12.0 Å². The third-order valence-corrected chi connectivity index (χ3v) is 5.90. The molecule has 3 amide bonds. The summed E-state index contributed by atoms with van der Waals surface area (Å²) in [4.78, 5) is 39.5. The summed E-state index contributed by atoms with van der Waals surface area (Å²) in [6.45, 7) is 8.30. The van der Waals surface area contributed by atoms with Gasteiger partial charge in [-0.05, 0) is 55.5 Å². The number of esters is 1. The van der Waals surface area contributed by atoms with E-state index in [1.165, 1.54) is 12.0 Å². The van der Waals surface area contributed by atoms with Crippen molar-refractivity contribution in [3.63, 3.8) is 0 Å². The van der Waals surface area contributed by atoms with Crippen molar-refractivity contribution in [2.45, 2.75) is 33.1 Å². The van der Waals surface area contributed by atoms with Crippen LogP contribution >= 0.6 is 0 Å². The van der Waals surface area contributed by atoms with E-state index in [-0.39, 0.29) is 31.7 Å². The molecular formula is C29H37N5O6. The number of hydrogen-bond acceptors (Lipinski definition) is 7. The molecule has 3 aromatic rings. The molecule has 0 atom stereocenters. The van der Waals surface area contributed by atoms with E-state index in [4.69, 9.17) is 19.3 Å². The molecule has 0 spiro atoms. The second-order valence-electron chi connectivity index (χ2n) is 9.97. The molecule has 0 bridgehead atoms. The number of amides is 3. The predicted octanol–water partition coefficient (Wildman–Crippen LogP) is 4.47. The molecule has 0 aliphatic heterocycles. The summed E-state index contributed by atoms with van der Waals surface area (Å²) in [6, 6.07) is 15.0. The van der Waals surface area contributed by atoms with Gasteiger partial charge in [0.1, 0.15) is 18.1 Å². The maximum Gasteiger partial charge on any atom is 0.338 e. The average molecular weight is 552 g/mol. The van der Waals surface area contributed by atoms with Crippen LogP contribution in [0.15, 0.2) is 54.6 Å². The fourth-order valence-corrected chi connectivity index (χ4v) is 3.67. The van der Waals surface area contributed by atoms with Crippen LogP contribution in [-0.4, -0.2) is 73.1 Å². The number of ether oxygens (including phenoxy) is 3. The first-order valence-corrected chi connectivity index (χ1v) is 12.9. The zero-order chi connectivity index (χ0) is 29.3. The lowest BCUT2D eigenvalue weighted by molar-refractivity contribution is -0.116. The number of anilines is 2. The standard InChI is InChI=1S/C29H37N5O6/c1-7-40-27(36)20-8-10-21(11-9-20)30-28(37)33(16-17-38-5)19-26(35)31-25-18-24(29(2,3)4)32-34(25)22-12-14-23(39-6)15-13-22/h8-15,18H,7,16-17,19H2,1-6H3,(H,30,37)(H,31,35). The second kappa shape index (κ2) is 13.6. The highest BCUT2D eigenvalue weighted by molar-refractivity contribution is 5.97. The topological polar surface area (TPSA) is 124 Å². The number of aromatic nitrogens is 2. The third-order valence-electron chi connectivity index (χ3n) is 5.90. The van der Waals surface area contributed by atoms with Crippen LogP contribution < -0.4 is 15.4 Å². The second-order valence-corrected chi connectivity index (χ2v) is 9.97. The molecule has 0 aliphatic rings. The van der Waals surface area contributed by atoms with Gasteiger partial charge in [0.05, 0.1) is 37.3 Å². The largest absolute Gasteiger partial charge is 0.497 e. The van der Waals surface area contributed by atoms with E-state index in [1.54, 1.807) is 43.0 Å². The van der Waals surface area contributed by atoms with Gasteiger partial charge in [0.2, 0.25) is 5.91 Å². The number of nitrogens with one attached hydrogen (secondary N) is 2. The normalized spacial score (nSPS) is 11.1. The molecule has 1 aromatic heterocycles. The molecule has 3 rings (SSSR count). The zero-order valence-electron chi connectivity index (χ0n) is 23.8. The van der Waals surface area contributed by atoms with E-state index in [9.17, 15) is 14.4 Å². The van der Waals surface area contributed by atoms with E-state index in [2.05, 4.69) is 10.6 Å². The Labute approximate surface area is 234 Å². The molecule has 2 N–H and O–H groups in total. The summed E-state index contributed by atoms with van der Waals surface area (Å²) in [6.07, 6.45) is 0. The molecule has 0 radical (unpaired) electrons. The van der Waals surface area contributed by atoms with Crippen LogP contribution in [-0.2, 0) is 19.7 Å². The molecule has 2 aromatic carbocycles. The highest BCUT2D eigenvalue weighted by atomic mass is 16.5. The quantitative estimate of drug-likeness (QED) is 0.337. The number of methoxy groups -OCH3 is 2. The van der Waals surface area contributed by atoms with Crippen LogP contribution in [0.3, 0.4) is 0 Å². The van der Waals surface area contributed by atoms with Crippen molar-refractivity contribution in [3.8, 4) is 11.4 Å². The minimum atomic E-state index is -0.491. The number of carbonyl (C=O) groups excluding carboxylic acids is 3. The molecule has 0 saturated heterocycles. The first-order valence-electron chi connectivity index (χ1n) is 12.9. The minimum absolute atomic E-state index is 0.182. The van der Waals surface area contributed by atoms with Gasteiger partial charge in [0.15, 0.2) is 0 Å². The first kappa shape index (κ1) is 30.2. The summed E-state index contributed by atoms with van der Waals surface area (Å²) < 4.78 is 17.0. The van der Waals surface area contributed by atoms with Gasteiger partial charge < -0.3 is 29.7 Å². The lowest BCUT2D eigenvalue weighted by Gasteiger charge is -2.22. The number of rotatable bonds is 11. The number of hydrogen-bond donors (Lipinski definition) is 2. The average Bonchev–Trinajstić information content (AvgIpc) is 3.35. The van der Waals surface area contributed by atoms with Crippen LogP contribution in [0.2, 0.25) is 0 Å². The Bertz CT molecular complexity index is 1300. The summed E-state index contributed by atoms with van der Waals surface area (Å²) in [7, 11) is 3.11. The summed E-state index contributed by atoms with van der Waals surface area (Å²) in [5.41, 5.74) is 2.11. The maximum absolute atomic E-state index is 13.2. The zero-order valence-corrected chi connectivity index (χ0v) is 23.8. The van der Waals surface area contributed by atoms with Crippen LogP contribution in [0.1, 0.15) is 43.7 Å². The molecule has 0 aliphatic carbocycles. The van der Waals surface area contributed by atoms with Crippen molar-refractivity contribution >= 4 is 29.4 Å². The molecule has 11 nitrogen and oxygen atoms in total. The van der Waals surface area contributed by atoms with E-state index in [1.807, 2.05) is 51.1 Å². The maximum atomic E-state index is 13.2. The van der Waals surface area contributed by atoms with Crippen molar-refractivity contribution in [1.82, 2.24) is 14.7 Å². The smallest absolute Gasteiger partial charge is 0.338 e. The van der Waals surface area contributed by atoms with Gasteiger partial charge in [-0.1, -0.05) is 20.8 Å². The van der Waals surface area contributed by atoms with E-state index < -0.39 is 17.9 Å². The molecule has 0 fully saturated rings. The number of carbonyl (C=O) groups is 3. The lowest BCUT2D eigenvalue weighted by Crippen LogP contribution is -2.42. The van der Waals surface area contributed by atoms with Crippen molar-refractivity contribution in [2.75, 3.05) is 51.2 Å². The van der Waals surface area contributed by atoms with Gasteiger partial charge in [0.25, 0.3) is 0 Å². The molecule has 0 saturated carbocycles. The van der Waals surface area contributed by atoms with Gasteiger partial charge in [-0.15, -0.1) is 0 Å². The number of nitrogens with zero attached hydrogens (tertiary/aromatic N) is 3. The highest BCUT2D eigenvalue weighted by Crippen LogP contribution is 2.27. The molecule has 11 heteroatoms. The Kier molecular flexibility index (Phi) is 10.3. The monoisotopic (exact) mass is 551 g/mol. The first-order chi connectivity index (χ1) is 19.0. The highest BCUT2D eigenvalue weighted by Gasteiger charge is 2.23. The van der Waals surface area contributed by atoms with Gasteiger partial charge in [-0.2, -0.15) is 5.10 Å². The van der Waals surface area contributed by atoms with Gasteiger partial charge in [-0.3, -0.25) is 4.79 Å². The van der Waals surface area contributed by atoms with Crippen molar-refractivity contribution in [2.24, 2.45) is 0 Å². The summed E-state index contributed by atoms with van der Waals surface area (Å²) in [5, 5.41) is 10.4. The molecule has 40 heavy (non-hydrogen) atoms. The van der Waals surface area contributed by atoms with Crippen LogP contribution in [0.5, 0.6) is 5.75 Å². The lowest BCUT2D eigenvalue weighted by atomic mass is 9.92.